The normalized spacial score (nSPS) is 21.2. The Kier molecular flexibility index (Phi) is 3.25. The van der Waals surface area contributed by atoms with Gasteiger partial charge in [0.1, 0.15) is 6.04 Å². The smallest absolute Gasteiger partial charge is 0.272 e. The zero-order valence-electron chi connectivity index (χ0n) is 9.70. The number of nitrogens with one attached hydrogen (secondary N) is 1. The minimum absolute atomic E-state index is 0.222. The topological polar surface area (TPSA) is 47.5 Å². The van der Waals surface area contributed by atoms with E-state index >= 15 is 0 Å². The summed E-state index contributed by atoms with van der Waals surface area (Å²) >= 11 is 0. The van der Waals surface area contributed by atoms with Gasteiger partial charge < -0.3 is 10.6 Å². The van der Waals surface area contributed by atoms with Gasteiger partial charge in [-0.3, -0.25) is 4.79 Å². The van der Waals surface area contributed by atoms with Crippen molar-refractivity contribution in [1.29, 1.82) is 0 Å². The van der Waals surface area contributed by atoms with E-state index in [1.54, 1.807) is 0 Å². The molecule has 1 amide bonds. The number of primary amides is 1. The molecule has 3 heteroatoms. The molecule has 1 aliphatic rings. The average Bonchev–Trinajstić information content (AvgIpc) is 2.27. The predicted molar refractivity (Wildman–Crippen MR) is 63.1 cm³/mol. The highest BCUT2D eigenvalue weighted by Gasteiger charge is 2.27. The maximum absolute atomic E-state index is 11.0. The van der Waals surface area contributed by atoms with Crippen LogP contribution in [-0.2, 0) is 11.2 Å². The van der Waals surface area contributed by atoms with Crippen molar-refractivity contribution < 1.29 is 9.69 Å². The van der Waals surface area contributed by atoms with Crippen molar-refractivity contribution in [3.05, 3.63) is 35.4 Å². The first-order valence-corrected chi connectivity index (χ1v) is 5.87. The van der Waals surface area contributed by atoms with Crippen LogP contribution in [0.1, 0.15) is 30.0 Å². The fourth-order valence-corrected chi connectivity index (χ4v) is 2.66. The van der Waals surface area contributed by atoms with Crippen LogP contribution in [0.15, 0.2) is 24.3 Å². The van der Waals surface area contributed by atoms with Crippen molar-refractivity contribution in [2.75, 3.05) is 13.6 Å². The second-order valence-corrected chi connectivity index (χ2v) is 4.63. The molecule has 2 rings (SSSR count). The summed E-state index contributed by atoms with van der Waals surface area (Å²) in [5.41, 5.74) is 8.09. The molecule has 0 aliphatic heterocycles. The summed E-state index contributed by atoms with van der Waals surface area (Å²) in [5, 5.41) is 0. The van der Waals surface area contributed by atoms with E-state index in [0.717, 1.165) is 12.8 Å². The number of quaternary nitrogens is 1. The van der Waals surface area contributed by atoms with Crippen LogP contribution in [0.5, 0.6) is 0 Å². The SMILES string of the molecule is C[NH+](CC(N)=O)[C@@H]1CCCc2ccccc21. The van der Waals surface area contributed by atoms with Crippen molar-refractivity contribution in [3.8, 4) is 0 Å². The van der Waals surface area contributed by atoms with E-state index in [4.69, 9.17) is 5.73 Å². The lowest BCUT2D eigenvalue weighted by Gasteiger charge is -2.29. The lowest BCUT2D eigenvalue weighted by Crippen LogP contribution is -3.10. The summed E-state index contributed by atoms with van der Waals surface area (Å²) < 4.78 is 0. The number of benzene rings is 1. The molecule has 0 saturated carbocycles. The Morgan fingerprint density at radius 3 is 3.00 bits per heavy atom. The lowest BCUT2D eigenvalue weighted by molar-refractivity contribution is -0.905. The molecule has 0 heterocycles. The van der Waals surface area contributed by atoms with Crippen LogP contribution >= 0.6 is 0 Å². The molecule has 0 aromatic heterocycles. The van der Waals surface area contributed by atoms with Gasteiger partial charge in [-0.1, -0.05) is 24.3 Å². The van der Waals surface area contributed by atoms with E-state index in [1.807, 2.05) is 0 Å². The molecule has 1 aromatic carbocycles. The number of carbonyl (C=O) groups excluding carboxylic acids is 1. The lowest BCUT2D eigenvalue weighted by atomic mass is 9.87. The largest absolute Gasteiger partial charge is 0.365 e. The highest BCUT2D eigenvalue weighted by molar-refractivity contribution is 5.74. The third kappa shape index (κ3) is 2.25. The van der Waals surface area contributed by atoms with Crippen LogP contribution in [0, 0.1) is 0 Å². The first kappa shape index (κ1) is 11.1. The predicted octanol–water partition coefficient (Wildman–Crippen LogP) is 0.0640. The third-order valence-electron chi connectivity index (χ3n) is 3.42. The van der Waals surface area contributed by atoms with Gasteiger partial charge in [0.05, 0.1) is 7.05 Å². The van der Waals surface area contributed by atoms with Crippen molar-refractivity contribution in [1.82, 2.24) is 0 Å². The van der Waals surface area contributed by atoms with Crippen molar-refractivity contribution in [2.24, 2.45) is 5.73 Å². The van der Waals surface area contributed by atoms with Gasteiger partial charge in [-0.2, -0.15) is 0 Å². The van der Waals surface area contributed by atoms with E-state index < -0.39 is 0 Å². The molecule has 86 valence electrons. The molecule has 16 heavy (non-hydrogen) atoms. The number of fused-ring (bicyclic) bond motifs is 1. The van der Waals surface area contributed by atoms with E-state index in [-0.39, 0.29) is 5.91 Å². The Morgan fingerprint density at radius 2 is 2.25 bits per heavy atom. The first-order chi connectivity index (χ1) is 7.68. The maximum atomic E-state index is 11.0. The Labute approximate surface area is 96.2 Å². The van der Waals surface area contributed by atoms with Gasteiger partial charge >= 0.3 is 0 Å². The van der Waals surface area contributed by atoms with Crippen LogP contribution in [-0.4, -0.2) is 19.5 Å². The van der Waals surface area contributed by atoms with Gasteiger partial charge in [-0.15, -0.1) is 0 Å². The number of likely N-dealkylation sites (N-methyl/N-ethyl adjacent to an activating group) is 1. The number of carbonyl (C=O) groups is 1. The van der Waals surface area contributed by atoms with Gasteiger partial charge in [0.15, 0.2) is 6.54 Å². The number of rotatable bonds is 3. The van der Waals surface area contributed by atoms with E-state index in [1.165, 1.54) is 22.4 Å². The molecule has 0 spiro atoms. The Hall–Kier alpha value is -1.35. The number of nitrogens with two attached hydrogens (primary N) is 1. The first-order valence-electron chi connectivity index (χ1n) is 5.87. The number of hydrogen-bond donors (Lipinski definition) is 2. The van der Waals surface area contributed by atoms with Gasteiger partial charge in [-0.25, -0.2) is 0 Å². The Bertz CT molecular complexity index is 389. The summed E-state index contributed by atoms with van der Waals surface area (Å²) in [6.07, 6.45) is 3.52. The van der Waals surface area contributed by atoms with Crippen LogP contribution in [0.2, 0.25) is 0 Å². The molecular formula is C13H19N2O+. The van der Waals surface area contributed by atoms with Crippen LogP contribution < -0.4 is 10.6 Å². The van der Waals surface area contributed by atoms with Crippen LogP contribution in [0.3, 0.4) is 0 Å². The molecule has 1 aliphatic carbocycles. The van der Waals surface area contributed by atoms with Crippen molar-refractivity contribution in [2.45, 2.75) is 25.3 Å². The van der Waals surface area contributed by atoms with Crippen molar-refractivity contribution in [3.63, 3.8) is 0 Å². The molecule has 0 fully saturated rings. The second-order valence-electron chi connectivity index (χ2n) is 4.63. The zero-order chi connectivity index (χ0) is 11.5. The maximum Gasteiger partial charge on any atom is 0.272 e. The molecule has 2 atom stereocenters. The molecular weight excluding hydrogens is 200 g/mol. The van der Waals surface area contributed by atoms with E-state index in [2.05, 4.69) is 31.3 Å². The highest BCUT2D eigenvalue weighted by atomic mass is 16.1. The van der Waals surface area contributed by atoms with Gasteiger partial charge in [-0.05, 0) is 18.4 Å². The number of amides is 1. The summed E-state index contributed by atoms with van der Waals surface area (Å²) in [6, 6.07) is 8.97. The fourth-order valence-electron chi connectivity index (χ4n) is 2.66. The molecule has 1 aromatic rings. The standard InChI is InChI=1S/C13H18N2O/c1-15(9-13(14)16)12-8-4-6-10-5-2-3-7-11(10)12/h2-3,5,7,12H,4,6,8-9H2,1H3,(H2,14,16)/p+1/t12-/m1/s1. The van der Waals surface area contributed by atoms with Crippen molar-refractivity contribution >= 4 is 5.91 Å². The van der Waals surface area contributed by atoms with E-state index in [0.29, 0.717) is 12.6 Å². The second kappa shape index (κ2) is 4.66. The summed E-state index contributed by atoms with van der Waals surface area (Å²) in [6.45, 7) is 0.416. The summed E-state index contributed by atoms with van der Waals surface area (Å²) in [5.74, 6) is -0.222. The molecule has 0 bridgehead atoms. The zero-order valence-corrected chi connectivity index (χ0v) is 9.70. The minimum Gasteiger partial charge on any atom is -0.365 e. The molecule has 3 nitrogen and oxygen atoms in total. The Morgan fingerprint density at radius 1 is 1.50 bits per heavy atom. The minimum atomic E-state index is -0.222. The van der Waals surface area contributed by atoms with E-state index in [9.17, 15) is 4.79 Å². The highest BCUT2D eigenvalue weighted by Crippen LogP contribution is 2.26. The molecule has 0 saturated heterocycles. The van der Waals surface area contributed by atoms with Gasteiger partial charge in [0.2, 0.25) is 0 Å². The van der Waals surface area contributed by atoms with Crippen LogP contribution in [0.25, 0.3) is 0 Å². The Balaban J connectivity index is 2.21. The third-order valence-corrected chi connectivity index (χ3v) is 3.42. The summed E-state index contributed by atoms with van der Waals surface area (Å²) in [7, 11) is 2.05. The molecule has 1 unspecified atom stereocenters. The quantitative estimate of drug-likeness (QED) is 0.742. The fraction of sp³-hybridized carbons (Fsp3) is 0.462. The molecule has 0 radical (unpaired) electrons. The van der Waals surface area contributed by atoms with Gasteiger partial charge in [0, 0.05) is 12.0 Å². The molecule has 3 N–H and O–H groups in total. The monoisotopic (exact) mass is 219 g/mol. The van der Waals surface area contributed by atoms with Gasteiger partial charge in [0.25, 0.3) is 5.91 Å². The number of hydrogen-bond acceptors (Lipinski definition) is 1. The van der Waals surface area contributed by atoms with Crippen LogP contribution in [0.4, 0.5) is 0 Å². The average molecular weight is 219 g/mol. The number of aryl methyl sites for hydroxylation is 1. The summed E-state index contributed by atoms with van der Waals surface area (Å²) in [4.78, 5) is 12.2.